The molecule has 1 heterocycles. The number of hydrogen-bond acceptors (Lipinski definition) is 4. The molecule has 1 saturated heterocycles. The molecule has 0 bridgehead atoms. The number of likely N-dealkylation sites (N-methyl/N-ethyl adjacent to an activating group) is 1. The van der Waals surface area contributed by atoms with Gasteiger partial charge in [-0.1, -0.05) is 30.3 Å². The Kier molecular flexibility index (Phi) is 6.37. The second-order valence-electron chi connectivity index (χ2n) is 6.38. The first-order valence-electron chi connectivity index (χ1n) is 8.27. The molecule has 1 aromatic carbocycles. The van der Waals surface area contributed by atoms with E-state index in [0.717, 1.165) is 18.5 Å². The van der Waals surface area contributed by atoms with Crippen molar-refractivity contribution in [1.82, 2.24) is 14.1 Å². The van der Waals surface area contributed by atoms with Crippen LogP contribution in [0.1, 0.15) is 24.9 Å². The number of amides is 1. The number of carbonyl (C=O) groups excluding carboxylic acids is 1. The lowest BCUT2D eigenvalue weighted by Gasteiger charge is -2.28. The summed E-state index contributed by atoms with van der Waals surface area (Å²) in [5, 5.41) is 0. The van der Waals surface area contributed by atoms with Gasteiger partial charge in [0, 0.05) is 26.7 Å². The van der Waals surface area contributed by atoms with Gasteiger partial charge in [-0.05, 0) is 25.5 Å². The molecular weight excluding hydrogens is 326 g/mol. The summed E-state index contributed by atoms with van der Waals surface area (Å²) in [4.78, 5) is 16.4. The third-order valence-electron chi connectivity index (χ3n) is 4.63. The van der Waals surface area contributed by atoms with Gasteiger partial charge in [0.1, 0.15) is 0 Å². The van der Waals surface area contributed by atoms with E-state index in [4.69, 9.17) is 0 Å². The van der Waals surface area contributed by atoms with E-state index in [9.17, 15) is 13.2 Å². The minimum Gasteiger partial charge on any atom is -0.338 e. The number of benzene rings is 1. The minimum atomic E-state index is -3.16. The highest BCUT2D eigenvalue weighted by Crippen LogP contribution is 2.18. The topological polar surface area (TPSA) is 60.9 Å². The van der Waals surface area contributed by atoms with E-state index in [0.29, 0.717) is 26.2 Å². The van der Waals surface area contributed by atoms with Gasteiger partial charge >= 0.3 is 0 Å². The Balaban J connectivity index is 1.92. The monoisotopic (exact) mass is 353 g/mol. The van der Waals surface area contributed by atoms with Gasteiger partial charge in [-0.15, -0.1) is 0 Å². The number of nitrogens with zero attached hydrogens (tertiary/aromatic N) is 3. The lowest BCUT2D eigenvalue weighted by atomic mass is 10.1. The van der Waals surface area contributed by atoms with Gasteiger partial charge in [0.25, 0.3) is 0 Å². The zero-order valence-corrected chi connectivity index (χ0v) is 15.5. The zero-order chi connectivity index (χ0) is 17.7. The molecular formula is C17H27N3O3S. The average Bonchev–Trinajstić information content (AvgIpc) is 2.79. The highest BCUT2D eigenvalue weighted by atomic mass is 32.2. The number of sulfonamides is 1. The van der Waals surface area contributed by atoms with E-state index in [2.05, 4.69) is 0 Å². The molecule has 1 fully saturated rings. The van der Waals surface area contributed by atoms with Crippen molar-refractivity contribution < 1.29 is 13.2 Å². The van der Waals surface area contributed by atoms with Gasteiger partial charge in [0.15, 0.2) is 0 Å². The van der Waals surface area contributed by atoms with E-state index in [1.807, 2.05) is 49.2 Å². The second-order valence-corrected chi connectivity index (χ2v) is 8.37. The largest absolute Gasteiger partial charge is 0.338 e. The van der Waals surface area contributed by atoms with Gasteiger partial charge in [-0.3, -0.25) is 9.69 Å². The molecule has 0 N–H and O–H groups in total. The summed E-state index contributed by atoms with van der Waals surface area (Å²) in [5.41, 5.74) is 1.10. The zero-order valence-electron chi connectivity index (χ0n) is 14.7. The van der Waals surface area contributed by atoms with Crippen LogP contribution in [0.25, 0.3) is 0 Å². The maximum atomic E-state index is 12.6. The van der Waals surface area contributed by atoms with Crippen LogP contribution in [0.4, 0.5) is 0 Å². The summed E-state index contributed by atoms with van der Waals surface area (Å²) in [6.07, 6.45) is 1.99. The molecule has 0 saturated carbocycles. The predicted molar refractivity (Wildman–Crippen MR) is 95.1 cm³/mol. The molecule has 2 rings (SSSR count). The van der Waals surface area contributed by atoms with Crippen LogP contribution >= 0.6 is 0 Å². The maximum absolute atomic E-state index is 12.6. The highest BCUT2D eigenvalue weighted by molar-refractivity contribution is 7.88. The van der Waals surface area contributed by atoms with Crippen LogP contribution in [0.5, 0.6) is 0 Å². The Morgan fingerprint density at radius 3 is 2.46 bits per heavy atom. The van der Waals surface area contributed by atoms with Crippen molar-refractivity contribution in [3.8, 4) is 0 Å². The van der Waals surface area contributed by atoms with Crippen molar-refractivity contribution in [3.63, 3.8) is 0 Å². The maximum Gasteiger partial charge on any atom is 0.236 e. The molecule has 6 nitrogen and oxygen atoms in total. The van der Waals surface area contributed by atoms with E-state index in [-0.39, 0.29) is 11.9 Å². The van der Waals surface area contributed by atoms with Crippen LogP contribution < -0.4 is 0 Å². The van der Waals surface area contributed by atoms with Crippen molar-refractivity contribution in [2.45, 2.75) is 19.4 Å². The first-order valence-corrected chi connectivity index (χ1v) is 10.1. The van der Waals surface area contributed by atoms with E-state index < -0.39 is 10.0 Å². The molecule has 0 aromatic heterocycles. The van der Waals surface area contributed by atoms with Crippen molar-refractivity contribution in [1.29, 1.82) is 0 Å². The highest BCUT2D eigenvalue weighted by Gasteiger charge is 2.24. The SMILES string of the molecule is C[C@@H](c1ccccc1)N(C)C(=O)CN1CCCN(S(C)(=O)=O)CC1. The molecule has 0 spiro atoms. The van der Waals surface area contributed by atoms with E-state index >= 15 is 0 Å². The quantitative estimate of drug-likeness (QED) is 0.797. The Hall–Kier alpha value is -1.44. The molecule has 134 valence electrons. The Bertz CT molecular complexity index is 648. The summed E-state index contributed by atoms with van der Waals surface area (Å²) in [7, 11) is -1.34. The van der Waals surface area contributed by atoms with Crippen LogP contribution in [-0.4, -0.2) is 74.5 Å². The van der Waals surface area contributed by atoms with Crippen molar-refractivity contribution >= 4 is 15.9 Å². The summed E-state index contributed by atoms with van der Waals surface area (Å²) in [6.45, 7) is 4.65. The van der Waals surface area contributed by atoms with E-state index in [1.165, 1.54) is 10.6 Å². The predicted octanol–water partition coefficient (Wildman–Crippen LogP) is 1.17. The lowest BCUT2D eigenvalue weighted by molar-refractivity contribution is -0.133. The van der Waals surface area contributed by atoms with Gasteiger partial charge in [-0.2, -0.15) is 0 Å². The van der Waals surface area contributed by atoms with Crippen LogP contribution in [0, 0.1) is 0 Å². The fraction of sp³-hybridized carbons (Fsp3) is 0.588. The van der Waals surface area contributed by atoms with Crippen molar-refractivity contribution in [2.24, 2.45) is 0 Å². The standard InChI is InChI=1S/C17H27N3O3S/c1-15(16-8-5-4-6-9-16)18(2)17(21)14-19-10-7-11-20(13-12-19)24(3,22)23/h4-6,8-9,15H,7,10-14H2,1-3H3/t15-/m0/s1. The molecule has 0 radical (unpaired) electrons. The van der Waals surface area contributed by atoms with Gasteiger partial charge in [0.05, 0.1) is 18.8 Å². The first kappa shape index (κ1) is 18.9. The minimum absolute atomic E-state index is 0.0122. The van der Waals surface area contributed by atoms with Gasteiger partial charge in [0.2, 0.25) is 15.9 Å². The second kappa shape index (κ2) is 8.09. The van der Waals surface area contributed by atoms with Crippen LogP contribution in [0.15, 0.2) is 30.3 Å². The fourth-order valence-corrected chi connectivity index (χ4v) is 3.79. The normalized spacial score (nSPS) is 18.8. The molecule has 0 aliphatic carbocycles. The molecule has 1 aliphatic rings. The summed E-state index contributed by atoms with van der Waals surface area (Å²) in [6, 6.07) is 9.95. The summed E-state index contributed by atoms with van der Waals surface area (Å²) in [5.74, 6) is 0.0548. The van der Waals surface area contributed by atoms with Crippen LogP contribution in [-0.2, 0) is 14.8 Å². The first-order chi connectivity index (χ1) is 11.3. The number of carbonyl (C=O) groups is 1. The van der Waals surface area contributed by atoms with Crippen LogP contribution in [0.3, 0.4) is 0 Å². The molecule has 7 heteroatoms. The summed E-state index contributed by atoms with van der Waals surface area (Å²) < 4.78 is 24.8. The smallest absolute Gasteiger partial charge is 0.236 e. The summed E-state index contributed by atoms with van der Waals surface area (Å²) >= 11 is 0. The number of hydrogen-bond donors (Lipinski definition) is 0. The van der Waals surface area contributed by atoms with Crippen molar-refractivity contribution in [2.75, 3.05) is 46.0 Å². The Morgan fingerprint density at radius 1 is 1.17 bits per heavy atom. The average molecular weight is 353 g/mol. The van der Waals surface area contributed by atoms with Gasteiger partial charge < -0.3 is 4.90 Å². The molecule has 1 atom stereocenters. The molecule has 1 aromatic rings. The van der Waals surface area contributed by atoms with Gasteiger partial charge in [-0.25, -0.2) is 12.7 Å². The third-order valence-corrected chi connectivity index (χ3v) is 5.93. The molecule has 0 unspecified atom stereocenters. The Labute approximate surface area is 145 Å². The fourth-order valence-electron chi connectivity index (χ4n) is 2.91. The lowest BCUT2D eigenvalue weighted by Crippen LogP contribution is -2.41. The number of rotatable bonds is 5. The van der Waals surface area contributed by atoms with E-state index in [1.54, 1.807) is 4.90 Å². The molecule has 1 amide bonds. The Morgan fingerprint density at radius 2 is 1.83 bits per heavy atom. The molecule has 1 aliphatic heterocycles. The van der Waals surface area contributed by atoms with Crippen molar-refractivity contribution in [3.05, 3.63) is 35.9 Å². The molecule has 24 heavy (non-hydrogen) atoms. The van der Waals surface area contributed by atoms with Crippen LogP contribution in [0.2, 0.25) is 0 Å². The third kappa shape index (κ3) is 5.03.